The second kappa shape index (κ2) is 12.3. The van der Waals surface area contributed by atoms with E-state index in [9.17, 15) is 14.7 Å². The molecule has 0 saturated heterocycles. The average molecular weight is 436 g/mol. The number of carbonyl (C=O) groups is 2. The van der Waals surface area contributed by atoms with Crippen LogP contribution >= 0.6 is 0 Å². The molecule has 31 heavy (non-hydrogen) atoms. The third-order valence-electron chi connectivity index (χ3n) is 4.57. The predicted molar refractivity (Wildman–Crippen MR) is 121 cm³/mol. The number of carbonyl (C=O) groups excluding carboxylic acids is 1. The van der Waals surface area contributed by atoms with Crippen LogP contribution in [0.2, 0.25) is 0 Å². The van der Waals surface area contributed by atoms with Crippen molar-refractivity contribution in [2.75, 3.05) is 0 Å². The Balaban J connectivity index is 2.83. The molecule has 0 aliphatic heterocycles. The van der Waals surface area contributed by atoms with E-state index < -0.39 is 23.4 Å². The third-order valence-corrected chi connectivity index (χ3v) is 4.57. The maximum atomic E-state index is 11.9. The smallest absolute Gasteiger partial charge is 0.414 e. The Morgan fingerprint density at radius 3 is 2.19 bits per heavy atom. The Kier molecular flexibility index (Phi) is 10.5. The first-order valence-corrected chi connectivity index (χ1v) is 10.8. The number of ether oxygens (including phenoxy) is 1. The molecule has 174 valence electrons. The molecule has 4 N–H and O–H groups in total. The van der Waals surface area contributed by atoms with Gasteiger partial charge in [-0.1, -0.05) is 51.0 Å². The Labute approximate surface area is 185 Å². The Morgan fingerprint density at radius 1 is 1.03 bits per heavy atom. The van der Waals surface area contributed by atoms with Crippen LogP contribution in [0.15, 0.2) is 29.3 Å². The summed E-state index contributed by atoms with van der Waals surface area (Å²) in [6.07, 6.45) is 2.74. The zero-order valence-electron chi connectivity index (χ0n) is 19.3. The molecule has 0 radical (unpaired) electrons. The molecule has 0 bridgehead atoms. The normalized spacial score (nSPS) is 12.4. The number of aliphatic hydroxyl groups is 1. The van der Waals surface area contributed by atoms with Crippen molar-refractivity contribution in [2.45, 2.75) is 90.9 Å². The summed E-state index contributed by atoms with van der Waals surface area (Å²) in [5.41, 5.74) is 0.575. The number of hydrogen-bond acceptors (Lipinski definition) is 5. The lowest BCUT2D eigenvalue weighted by atomic mass is 9.86. The van der Waals surface area contributed by atoms with Crippen molar-refractivity contribution < 1.29 is 24.5 Å². The first-order valence-electron chi connectivity index (χ1n) is 10.8. The van der Waals surface area contributed by atoms with Gasteiger partial charge in [0.25, 0.3) is 0 Å². The molecule has 0 heterocycles. The fourth-order valence-electron chi connectivity index (χ4n) is 3.35. The number of nitrogens with one attached hydrogen (secondary N) is 2. The maximum absolute atomic E-state index is 11.9. The van der Waals surface area contributed by atoms with Crippen LogP contribution in [-0.4, -0.2) is 39.6 Å². The molecular weight excluding hydrogens is 398 g/mol. The Morgan fingerprint density at radius 2 is 1.65 bits per heavy atom. The van der Waals surface area contributed by atoms with Gasteiger partial charge in [0.05, 0.1) is 12.1 Å². The van der Waals surface area contributed by atoms with Crippen LogP contribution < -0.4 is 10.6 Å². The fourth-order valence-corrected chi connectivity index (χ4v) is 3.35. The van der Waals surface area contributed by atoms with Crippen LogP contribution in [0.25, 0.3) is 0 Å². The third kappa shape index (κ3) is 11.4. The monoisotopic (exact) mass is 435 g/mol. The zero-order valence-corrected chi connectivity index (χ0v) is 19.3. The van der Waals surface area contributed by atoms with Crippen molar-refractivity contribution in [3.8, 4) is 0 Å². The topological polar surface area (TPSA) is 120 Å². The van der Waals surface area contributed by atoms with E-state index in [1.54, 1.807) is 20.8 Å². The van der Waals surface area contributed by atoms with E-state index in [-0.39, 0.29) is 12.5 Å². The number of rotatable bonds is 9. The highest BCUT2D eigenvalue weighted by Crippen LogP contribution is 2.25. The van der Waals surface area contributed by atoms with Crippen molar-refractivity contribution in [1.29, 1.82) is 0 Å². The van der Waals surface area contributed by atoms with Gasteiger partial charge in [-0.25, -0.2) is 14.6 Å². The van der Waals surface area contributed by atoms with Gasteiger partial charge in [0.15, 0.2) is 0 Å². The minimum Gasteiger partial charge on any atom is -0.465 e. The van der Waals surface area contributed by atoms with E-state index in [0.717, 1.165) is 43.2 Å². The first kappa shape index (κ1) is 26.4. The lowest BCUT2D eigenvalue weighted by molar-refractivity contribution is 0.0132. The highest BCUT2D eigenvalue weighted by molar-refractivity contribution is 6.00. The van der Waals surface area contributed by atoms with Crippen molar-refractivity contribution in [2.24, 2.45) is 4.99 Å². The molecule has 1 rings (SSSR count). The van der Waals surface area contributed by atoms with Gasteiger partial charge in [-0.3, -0.25) is 10.6 Å². The predicted octanol–water partition coefficient (Wildman–Crippen LogP) is 4.60. The van der Waals surface area contributed by atoms with E-state index in [1.165, 1.54) is 0 Å². The van der Waals surface area contributed by atoms with Crippen LogP contribution in [0, 0.1) is 0 Å². The number of benzene rings is 1. The van der Waals surface area contributed by atoms with Crippen molar-refractivity contribution in [1.82, 2.24) is 10.6 Å². The van der Waals surface area contributed by atoms with E-state index in [2.05, 4.69) is 29.5 Å². The number of amides is 2. The quantitative estimate of drug-likeness (QED) is 0.334. The largest absolute Gasteiger partial charge is 0.465 e. The van der Waals surface area contributed by atoms with Crippen molar-refractivity contribution in [3.63, 3.8) is 0 Å². The molecule has 8 heteroatoms. The van der Waals surface area contributed by atoms with E-state index in [0.29, 0.717) is 6.42 Å². The zero-order chi connectivity index (χ0) is 23.5. The molecule has 0 aliphatic rings. The average Bonchev–Trinajstić information content (AvgIpc) is 2.63. The van der Waals surface area contributed by atoms with E-state index in [1.807, 2.05) is 24.3 Å². The standard InChI is InChI=1S/C23H37N3O5/c1-6-12-23(30,13-7-2)14-11-17-9-8-10-18(15-17)16-24-19(25-20(27)28)26-21(29)31-22(3,4)5/h8-10,15,30H,6-7,11-14,16H2,1-5H3,(H,27,28)(H2,24,25,26,29). The summed E-state index contributed by atoms with van der Waals surface area (Å²) in [5, 5.41) is 24.2. The fraction of sp³-hybridized carbons (Fsp3) is 0.609. The molecule has 0 unspecified atom stereocenters. The minimum atomic E-state index is -1.34. The molecule has 2 amide bonds. The highest BCUT2D eigenvalue weighted by Gasteiger charge is 2.24. The van der Waals surface area contributed by atoms with Crippen LogP contribution in [0.5, 0.6) is 0 Å². The van der Waals surface area contributed by atoms with Gasteiger partial charge in [0.1, 0.15) is 5.60 Å². The second-order valence-corrected chi connectivity index (χ2v) is 8.77. The van der Waals surface area contributed by atoms with Gasteiger partial charge in [0.2, 0.25) is 5.96 Å². The van der Waals surface area contributed by atoms with Crippen LogP contribution in [0.4, 0.5) is 9.59 Å². The molecule has 0 atom stereocenters. The van der Waals surface area contributed by atoms with E-state index >= 15 is 0 Å². The first-order chi connectivity index (χ1) is 14.5. The number of aliphatic imine (C=N–C) groups is 1. The summed E-state index contributed by atoms with van der Waals surface area (Å²) < 4.78 is 5.14. The summed E-state index contributed by atoms with van der Waals surface area (Å²) in [4.78, 5) is 27.1. The molecule has 0 aliphatic carbocycles. The molecule has 8 nitrogen and oxygen atoms in total. The molecule has 0 saturated carbocycles. The highest BCUT2D eigenvalue weighted by atomic mass is 16.6. The second-order valence-electron chi connectivity index (χ2n) is 8.77. The van der Waals surface area contributed by atoms with Gasteiger partial charge < -0.3 is 14.9 Å². The van der Waals surface area contributed by atoms with Crippen LogP contribution in [0.3, 0.4) is 0 Å². The summed E-state index contributed by atoms with van der Waals surface area (Å²) in [6.45, 7) is 9.46. The summed E-state index contributed by atoms with van der Waals surface area (Å²) in [7, 11) is 0. The molecule has 1 aromatic carbocycles. The number of aryl methyl sites for hydroxylation is 1. The van der Waals surface area contributed by atoms with Crippen molar-refractivity contribution >= 4 is 18.1 Å². The van der Waals surface area contributed by atoms with Crippen molar-refractivity contribution in [3.05, 3.63) is 35.4 Å². The lowest BCUT2D eigenvalue weighted by Crippen LogP contribution is -2.45. The maximum Gasteiger partial charge on any atom is 0.414 e. The summed E-state index contributed by atoms with van der Waals surface area (Å²) in [5.74, 6) is -0.201. The van der Waals surface area contributed by atoms with Crippen LogP contribution in [-0.2, 0) is 17.7 Å². The number of hydrogen-bond donors (Lipinski definition) is 4. The van der Waals surface area contributed by atoms with Gasteiger partial charge in [-0.2, -0.15) is 0 Å². The van der Waals surface area contributed by atoms with Gasteiger partial charge in [-0.05, 0) is 57.6 Å². The number of guanidine groups is 1. The molecular formula is C23H37N3O5. The van der Waals surface area contributed by atoms with Gasteiger partial charge >= 0.3 is 12.2 Å². The summed E-state index contributed by atoms with van der Waals surface area (Å²) >= 11 is 0. The molecule has 1 aromatic rings. The lowest BCUT2D eigenvalue weighted by Gasteiger charge is -2.27. The Hall–Kier alpha value is -2.61. The molecule has 0 spiro atoms. The SMILES string of the molecule is CCCC(O)(CCC)CCc1cccc(CN=C(NC(=O)O)NC(=O)OC(C)(C)C)c1. The van der Waals surface area contributed by atoms with Gasteiger partial charge in [0, 0.05) is 0 Å². The van der Waals surface area contributed by atoms with Crippen LogP contribution in [0.1, 0.15) is 77.8 Å². The number of alkyl carbamates (subject to hydrolysis) is 1. The van der Waals surface area contributed by atoms with E-state index in [4.69, 9.17) is 9.84 Å². The minimum absolute atomic E-state index is 0.174. The Bertz CT molecular complexity index is 750. The molecule has 0 fully saturated rings. The number of nitrogens with zero attached hydrogens (tertiary/aromatic N) is 1. The summed E-state index contributed by atoms with van der Waals surface area (Å²) in [6, 6.07) is 7.77. The van der Waals surface area contributed by atoms with Gasteiger partial charge in [-0.15, -0.1) is 0 Å². The molecule has 0 aromatic heterocycles. The number of carboxylic acid groups (broad SMARTS) is 1.